The molecule has 110 valence electrons. The molecule has 0 aliphatic heterocycles. The second kappa shape index (κ2) is 5.95. The number of benzene rings is 1. The first-order valence-corrected chi connectivity index (χ1v) is 6.83. The molecule has 1 amide bonds. The van der Waals surface area contributed by atoms with Gasteiger partial charge in [-0.25, -0.2) is 13.2 Å². The normalized spacial score (nSPS) is 13.0. The molecular weight excluding hydrogens is 296 g/mol. The number of sulfone groups is 1. The third-order valence-electron chi connectivity index (χ3n) is 2.34. The van der Waals surface area contributed by atoms with Crippen LogP contribution < -0.4 is 5.73 Å². The molecule has 0 fully saturated rings. The molecule has 0 aliphatic rings. The van der Waals surface area contributed by atoms with E-state index < -0.39 is 38.5 Å². The summed E-state index contributed by atoms with van der Waals surface area (Å²) in [5.74, 6) is -5.32. The number of amides is 1. The smallest absolute Gasteiger partial charge is 0.341 e. The van der Waals surface area contributed by atoms with Gasteiger partial charge in [-0.15, -0.1) is 0 Å². The van der Waals surface area contributed by atoms with Crippen LogP contribution in [0.25, 0.3) is 0 Å². The number of esters is 1. The fourth-order valence-corrected chi connectivity index (χ4v) is 1.89. The monoisotopic (exact) mass is 307 g/mol. The molecule has 0 spiro atoms. The lowest BCUT2D eigenvalue weighted by Crippen LogP contribution is -2.30. The van der Waals surface area contributed by atoms with E-state index in [0.29, 0.717) is 0 Å². The van der Waals surface area contributed by atoms with Gasteiger partial charge in [0.15, 0.2) is 6.10 Å². The predicted molar refractivity (Wildman–Crippen MR) is 63.7 cm³/mol. The topological polar surface area (TPSA) is 104 Å². The Kier molecular flexibility index (Phi) is 4.77. The maximum atomic E-state index is 12.3. The number of alkyl halides is 2. The first-order valence-electron chi connectivity index (χ1n) is 5.28. The lowest BCUT2D eigenvalue weighted by Gasteiger charge is -2.09. The molecule has 9 heteroatoms. The van der Waals surface area contributed by atoms with Crippen LogP contribution in [0.2, 0.25) is 0 Å². The van der Waals surface area contributed by atoms with Gasteiger partial charge in [0.25, 0.3) is 5.91 Å². The van der Waals surface area contributed by atoms with Crippen molar-refractivity contribution >= 4 is 21.7 Å². The maximum absolute atomic E-state index is 12.3. The molecule has 0 heterocycles. The zero-order valence-corrected chi connectivity index (χ0v) is 11.1. The molecule has 1 rings (SSSR count). The SMILES string of the molecule is CC(OC(=O)c1ccc(S(=O)(=O)C(F)F)cc1)C(N)=O. The Bertz CT molecular complexity index is 612. The zero-order chi connectivity index (χ0) is 15.5. The molecule has 1 atom stereocenters. The van der Waals surface area contributed by atoms with Crippen LogP contribution in [0.3, 0.4) is 0 Å². The van der Waals surface area contributed by atoms with Crippen molar-refractivity contribution < 1.29 is 31.5 Å². The molecule has 1 aromatic rings. The molecule has 0 saturated heterocycles. The molecule has 2 N–H and O–H groups in total. The van der Waals surface area contributed by atoms with Gasteiger partial charge in [0.2, 0.25) is 9.84 Å². The highest BCUT2D eigenvalue weighted by molar-refractivity contribution is 7.91. The minimum absolute atomic E-state index is 0.0914. The van der Waals surface area contributed by atoms with Gasteiger partial charge in [-0.05, 0) is 31.2 Å². The van der Waals surface area contributed by atoms with Gasteiger partial charge < -0.3 is 10.5 Å². The largest absolute Gasteiger partial charge is 0.449 e. The first-order chi connectivity index (χ1) is 9.16. The summed E-state index contributed by atoms with van der Waals surface area (Å²) in [6.07, 6.45) is -1.16. The maximum Gasteiger partial charge on any atom is 0.341 e. The van der Waals surface area contributed by atoms with Crippen LogP contribution in [0, 0.1) is 0 Å². The highest BCUT2D eigenvalue weighted by atomic mass is 32.2. The molecule has 0 aliphatic carbocycles. The Hall–Kier alpha value is -2.03. The fourth-order valence-electron chi connectivity index (χ4n) is 1.17. The molecule has 20 heavy (non-hydrogen) atoms. The first kappa shape index (κ1) is 16.0. The number of ether oxygens (including phenoxy) is 1. The molecule has 1 unspecified atom stereocenters. The summed E-state index contributed by atoms with van der Waals surface area (Å²) in [6.45, 7) is 1.26. The number of primary amides is 1. The summed E-state index contributed by atoms with van der Waals surface area (Å²) in [4.78, 5) is 21.6. The Morgan fingerprint density at radius 1 is 1.20 bits per heavy atom. The summed E-state index contributed by atoms with van der Waals surface area (Å²) in [5, 5.41) is 0. The molecule has 0 radical (unpaired) electrons. The lowest BCUT2D eigenvalue weighted by molar-refractivity contribution is -0.125. The van der Waals surface area contributed by atoms with Crippen molar-refractivity contribution in [1.82, 2.24) is 0 Å². The third kappa shape index (κ3) is 3.50. The fraction of sp³-hybridized carbons (Fsp3) is 0.273. The van der Waals surface area contributed by atoms with Gasteiger partial charge in [-0.3, -0.25) is 4.79 Å². The standard InChI is InChI=1S/C11H11F2NO5S/c1-6(9(14)15)19-10(16)7-2-4-8(5-3-7)20(17,18)11(12)13/h2-6,11H,1H3,(H2,14,15). The minimum Gasteiger partial charge on any atom is -0.449 e. The van der Waals surface area contributed by atoms with E-state index in [2.05, 4.69) is 4.74 Å². The molecule has 0 saturated carbocycles. The summed E-state index contributed by atoms with van der Waals surface area (Å²) in [6, 6.07) is 3.72. The molecule has 0 bridgehead atoms. The lowest BCUT2D eigenvalue weighted by atomic mass is 10.2. The van der Waals surface area contributed by atoms with Crippen molar-refractivity contribution in [2.24, 2.45) is 5.73 Å². The third-order valence-corrected chi connectivity index (χ3v) is 3.74. The predicted octanol–water partition coefficient (Wildman–Crippen LogP) is 0.714. The second-order valence-corrected chi connectivity index (χ2v) is 5.70. The van der Waals surface area contributed by atoms with Crippen molar-refractivity contribution in [3.05, 3.63) is 29.8 Å². The van der Waals surface area contributed by atoms with E-state index in [1.807, 2.05) is 0 Å². The number of halogens is 2. The van der Waals surface area contributed by atoms with Gasteiger partial charge in [0.1, 0.15) is 0 Å². The summed E-state index contributed by atoms with van der Waals surface area (Å²) in [5.41, 5.74) is 4.81. The van der Waals surface area contributed by atoms with Crippen LogP contribution in [0.4, 0.5) is 8.78 Å². The average Bonchev–Trinajstić information content (AvgIpc) is 2.38. The Morgan fingerprint density at radius 3 is 2.10 bits per heavy atom. The van der Waals surface area contributed by atoms with Crippen LogP contribution >= 0.6 is 0 Å². The van der Waals surface area contributed by atoms with E-state index in [9.17, 15) is 26.8 Å². The van der Waals surface area contributed by atoms with E-state index in [4.69, 9.17) is 5.73 Å². The van der Waals surface area contributed by atoms with Crippen molar-refractivity contribution in [2.75, 3.05) is 0 Å². The van der Waals surface area contributed by atoms with Crippen LogP contribution in [0.5, 0.6) is 0 Å². The highest BCUT2D eigenvalue weighted by Crippen LogP contribution is 2.19. The molecular formula is C11H11F2NO5S. The minimum atomic E-state index is -4.72. The Balaban J connectivity index is 2.92. The number of nitrogens with two attached hydrogens (primary N) is 1. The number of hydrogen-bond acceptors (Lipinski definition) is 5. The number of hydrogen-bond donors (Lipinski definition) is 1. The van der Waals surface area contributed by atoms with Gasteiger partial charge in [0.05, 0.1) is 10.5 Å². The van der Waals surface area contributed by atoms with E-state index in [1.54, 1.807) is 0 Å². The number of carbonyl (C=O) groups is 2. The van der Waals surface area contributed by atoms with Crippen LogP contribution in [0.15, 0.2) is 29.2 Å². The summed E-state index contributed by atoms with van der Waals surface area (Å²) < 4.78 is 51.5. The molecule has 6 nitrogen and oxygen atoms in total. The Labute approximate surface area is 113 Å². The van der Waals surface area contributed by atoms with Crippen molar-refractivity contribution in [2.45, 2.75) is 23.7 Å². The van der Waals surface area contributed by atoms with Crippen LogP contribution in [-0.2, 0) is 19.4 Å². The average molecular weight is 307 g/mol. The Morgan fingerprint density at radius 2 is 1.70 bits per heavy atom. The van der Waals surface area contributed by atoms with E-state index in [-0.39, 0.29) is 5.56 Å². The van der Waals surface area contributed by atoms with Gasteiger partial charge in [-0.2, -0.15) is 8.78 Å². The second-order valence-electron chi connectivity index (χ2n) is 3.78. The van der Waals surface area contributed by atoms with Gasteiger partial charge >= 0.3 is 11.7 Å². The molecule has 0 aromatic heterocycles. The van der Waals surface area contributed by atoms with Gasteiger partial charge in [-0.1, -0.05) is 0 Å². The quantitative estimate of drug-likeness (QED) is 0.807. The van der Waals surface area contributed by atoms with E-state index in [0.717, 1.165) is 24.3 Å². The number of carbonyl (C=O) groups excluding carboxylic acids is 2. The summed E-state index contributed by atoms with van der Waals surface area (Å²) in [7, 11) is -4.72. The van der Waals surface area contributed by atoms with Gasteiger partial charge in [0, 0.05) is 0 Å². The van der Waals surface area contributed by atoms with Crippen molar-refractivity contribution in [3.63, 3.8) is 0 Å². The van der Waals surface area contributed by atoms with Crippen LogP contribution in [-0.4, -0.2) is 32.2 Å². The van der Waals surface area contributed by atoms with Crippen molar-refractivity contribution in [3.8, 4) is 0 Å². The van der Waals surface area contributed by atoms with E-state index >= 15 is 0 Å². The summed E-state index contributed by atoms with van der Waals surface area (Å²) >= 11 is 0. The highest BCUT2D eigenvalue weighted by Gasteiger charge is 2.26. The van der Waals surface area contributed by atoms with Crippen LogP contribution in [0.1, 0.15) is 17.3 Å². The van der Waals surface area contributed by atoms with E-state index in [1.165, 1.54) is 6.92 Å². The molecule has 1 aromatic carbocycles. The van der Waals surface area contributed by atoms with Crippen molar-refractivity contribution in [1.29, 1.82) is 0 Å². The zero-order valence-electron chi connectivity index (χ0n) is 10.2. The number of rotatable bonds is 5.